The van der Waals surface area contributed by atoms with E-state index in [1.807, 2.05) is 18.2 Å². The van der Waals surface area contributed by atoms with Crippen molar-refractivity contribution in [2.45, 2.75) is 26.3 Å². The molecule has 1 atom stereocenters. The van der Waals surface area contributed by atoms with E-state index < -0.39 is 6.04 Å². The van der Waals surface area contributed by atoms with Gasteiger partial charge in [0.1, 0.15) is 11.8 Å². The van der Waals surface area contributed by atoms with E-state index in [-0.39, 0.29) is 5.91 Å². The van der Waals surface area contributed by atoms with Gasteiger partial charge in [-0.25, -0.2) is 0 Å². The molecule has 2 aromatic rings. The van der Waals surface area contributed by atoms with Gasteiger partial charge in [-0.15, -0.1) is 0 Å². The van der Waals surface area contributed by atoms with Gasteiger partial charge in [-0.2, -0.15) is 0 Å². The molecule has 0 saturated carbocycles. The summed E-state index contributed by atoms with van der Waals surface area (Å²) < 4.78 is 10.4. The first-order valence-electron chi connectivity index (χ1n) is 6.88. The number of anilines is 2. The molecule has 1 aliphatic rings. The Morgan fingerprint density at radius 1 is 1.38 bits per heavy atom. The fourth-order valence-electron chi connectivity index (χ4n) is 2.24. The first-order chi connectivity index (χ1) is 10.1. The summed E-state index contributed by atoms with van der Waals surface area (Å²) in [5.41, 5.74) is 2.79. The number of carbonyl (C=O) groups excluding carboxylic acids is 1. The maximum atomic E-state index is 12.1. The highest BCUT2D eigenvalue weighted by Crippen LogP contribution is 2.28. The Morgan fingerprint density at radius 3 is 3.00 bits per heavy atom. The van der Waals surface area contributed by atoms with E-state index in [0.29, 0.717) is 5.88 Å². The SMILES string of the molecule is Cc1cc(NC(=O)C(C)Nc2ccc3c(c2)CCO3)on1. The summed E-state index contributed by atoms with van der Waals surface area (Å²) in [5, 5.41) is 9.58. The predicted octanol–water partition coefficient (Wildman–Crippen LogP) is 2.36. The molecule has 1 aliphatic heterocycles. The smallest absolute Gasteiger partial charge is 0.248 e. The Hall–Kier alpha value is -2.50. The van der Waals surface area contributed by atoms with Gasteiger partial charge in [0.2, 0.25) is 11.8 Å². The summed E-state index contributed by atoms with van der Waals surface area (Å²) in [6.45, 7) is 4.31. The Bertz CT molecular complexity index is 666. The molecule has 3 rings (SSSR count). The summed E-state index contributed by atoms with van der Waals surface area (Å²) in [6, 6.07) is 7.14. The van der Waals surface area contributed by atoms with Gasteiger partial charge >= 0.3 is 0 Å². The van der Waals surface area contributed by atoms with Crippen molar-refractivity contribution in [3.05, 3.63) is 35.5 Å². The number of aromatic nitrogens is 1. The van der Waals surface area contributed by atoms with Gasteiger partial charge in [0.25, 0.3) is 0 Å². The van der Waals surface area contributed by atoms with Crippen molar-refractivity contribution in [2.75, 3.05) is 17.2 Å². The van der Waals surface area contributed by atoms with Crippen LogP contribution in [0.3, 0.4) is 0 Å². The zero-order chi connectivity index (χ0) is 14.8. The molecule has 0 spiro atoms. The average molecular weight is 287 g/mol. The van der Waals surface area contributed by atoms with E-state index in [2.05, 4.69) is 15.8 Å². The van der Waals surface area contributed by atoms with Gasteiger partial charge in [0.15, 0.2) is 0 Å². The number of fused-ring (bicyclic) bond motifs is 1. The van der Waals surface area contributed by atoms with Crippen LogP contribution in [0.15, 0.2) is 28.8 Å². The van der Waals surface area contributed by atoms with Gasteiger partial charge in [0, 0.05) is 18.2 Å². The molecular weight excluding hydrogens is 270 g/mol. The van der Waals surface area contributed by atoms with Crippen molar-refractivity contribution >= 4 is 17.5 Å². The van der Waals surface area contributed by atoms with E-state index in [0.717, 1.165) is 30.2 Å². The van der Waals surface area contributed by atoms with Crippen LogP contribution in [0.5, 0.6) is 5.75 Å². The van der Waals surface area contributed by atoms with Crippen LogP contribution in [0.2, 0.25) is 0 Å². The molecule has 0 fully saturated rings. The molecule has 110 valence electrons. The molecule has 0 aliphatic carbocycles. The van der Waals surface area contributed by atoms with Crippen molar-refractivity contribution < 1.29 is 14.1 Å². The first kappa shape index (κ1) is 13.5. The number of ether oxygens (including phenoxy) is 1. The third-order valence-electron chi connectivity index (χ3n) is 3.34. The van der Waals surface area contributed by atoms with E-state index in [9.17, 15) is 4.79 Å². The van der Waals surface area contributed by atoms with Gasteiger partial charge < -0.3 is 14.6 Å². The van der Waals surface area contributed by atoms with Crippen LogP contribution in [0, 0.1) is 6.92 Å². The van der Waals surface area contributed by atoms with Gasteiger partial charge in [-0.1, -0.05) is 5.16 Å². The number of hydrogen-bond acceptors (Lipinski definition) is 5. The lowest BCUT2D eigenvalue weighted by Gasteiger charge is -2.14. The Labute approximate surface area is 122 Å². The molecule has 21 heavy (non-hydrogen) atoms. The van der Waals surface area contributed by atoms with Crippen LogP contribution in [0.4, 0.5) is 11.6 Å². The molecule has 1 aromatic heterocycles. The lowest BCUT2D eigenvalue weighted by Crippen LogP contribution is -2.31. The van der Waals surface area contributed by atoms with Crippen LogP contribution in [-0.2, 0) is 11.2 Å². The van der Waals surface area contributed by atoms with Crippen LogP contribution in [0.1, 0.15) is 18.2 Å². The van der Waals surface area contributed by atoms with E-state index in [1.165, 1.54) is 5.56 Å². The topological polar surface area (TPSA) is 76.4 Å². The van der Waals surface area contributed by atoms with Crippen molar-refractivity contribution in [3.8, 4) is 5.75 Å². The second-order valence-corrected chi connectivity index (χ2v) is 5.11. The zero-order valence-electron chi connectivity index (χ0n) is 12.0. The maximum Gasteiger partial charge on any atom is 0.248 e. The molecule has 1 aromatic carbocycles. The number of aryl methyl sites for hydroxylation is 1. The number of rotatable bonds is 4. The van der Waals surface area contributed by atoms with Crippen molar-refractivity contribution in [3.63, 3.8) is 0 Å². The van der Waals surface area contributed by atoms with Gasteiger partial charge in [-0.05, 0) is 37.6 Å². The normalized spacial score (nSPS) is 14.2. The number of carbonyl (C=O) groups is 1. The Morgan fingerprint density at radius 2 is 2.24 bits per heavy atom. The van der Waals surface area contributed by atoms with Crippen molar-refractivity contribution in [2.24, 2.45) is 0 Å². The van der Waals surface area contributed by atoms with Crippen LogP contribution >= 0.6 is 0 Å². The van der Waals surface area contributed by atoms with E-state index >= 15 is 0 Å². The molecule has 2 heterocycles. The summed E-state index contributed by atoms with van der Waals surface area (Å²) >= 11 is 0. The standard InChI is InChI=1S/C15H17N3O3/c1-9-7-14(21-18-9)17-15(19)10(2)16-12-3-4-13-11(8-12)5-6-20-13/h3-4,7-8,10,16H,5-6H2,1-2H3,(H,17,19). The van der Waals surface area contributed by atoms with Gasteiger partial charge in [-0.3, -0.25) is 10.1 Å². The number of benzene rings is 1. The number of amides is 1. The second kappa shape index (κ2) is 5.47. The minimum Gasteiger partial charge on any atom is -0.493 e. The lowest BCUT2D eigenvalue weighted by molar-refractivity contribution is -0.116. The third kappa shape index (κ3) is 2.99. The van der Waals surface area contributed by atoms with Gasteiger partial charge in [0.05, 0.1) is 12.3 Å². The quantitative estimate of drug-likeness (QED) is 0.902. The summed E-state index contributed by atoms with van der Waals surface area (Å²) in [7, 11) is 0. The highest BCUT2D eigenvalue weighted by atomic mass is 16.5. The van der Waals surface area contributed by atoms with Crippen molar-refractivity contribution in [1.29, 1.82) is 0 Å². The number of hydrogen-bond donors (Lipinski definition) is 2. The highest BCUT2D eigenvalue weighted by Gasteiger charge is 2.17. The van der Waals surface area contributed by atoms with Crippen molar-refractivity contribution in [1.82, 2.24) is 5.16 Å². The second-order valence-electron chi connectivity index (χ2n) is 5.11. The largest absolute Gasteiger partial charge is 0.493 e. The molecule has 6 heteroatoms. The predicted molar refractivity (Wildman–Crippen MR) is 78.6 cm³/mol. The maximum absolute atomic E-state index is 12.1. The summed E-state index contributed by atoms with van der Waals surface area (Å²) in [5.74, 6) is 1.10. The van der Waals surface area contributed by atoms with Crippen LogP contribution < -0.4 is 15.4 Å². The Balaban J connectivity index is 1.62. The lowest BCUT2D eigenvalue weighted by atomic mass is 10.1. The zero-order valence-corrected chi connectivity index (χ0v) is 12.0. The average Bonchev–Trinajstić information content (AvgIpc) is 3.07. The third-order valence-corrected chi connectivity index (χ3v) is 3.34. The molecule has 1 amide bonds. The first-order valence-corrected chi connectivity index (χ1v) is 6.88. The minimum atomic E-state index is -0.393. The molecule has 6 nitrogen and oxygen atoms in total. The molecule has 1 unspecified atom stereocenters. The molecular formula is C15H17N3O3. The highest BCUT2D eigenvalue weighted by molar-refractivity contribution is 5.95. The number of nitrogens with one attached hydrogen (secondary N) is 2. The number of nitrogens with zero attached hydrogens (tertiary/aromatic N) is 1. The molecule has 2 N–H and O–H groups in total. The fraction of sp³-hybridized carbons (Fsp3) is 0.333. The molecule has 0 saturated heterocycles. The summed E-state index contributed by atoms with van der Waals surface area (Å²) in [6.07, 6.45) is 0.906. The minimum absolute atomic E-state index is 0.178. The Kier molecular flexibility index (Phi) is 3.51. The molecule has 0 radical (unpaired) electrons. The monoisotopic (exact) mass is 287 g/mol. The fourth-order valence-corrected chi connectivity index (χ4v) is 2.24. The van der Waals surface area contributed by atoms with E-state index in [4.69, 9.17) is 9.26 Å². The molecule has 0 bridgehead atoms. The van der Waals surface area contributed by atoms with E-state index in [1.54, 1.807) is 19.9 Å². The summed E-state index contributed by atoms with van der Waals surface area (Å²) in [4.78, 5) is 12.1. The van der Waals surface area contributed by atoms with Crippen LogP contribution in [-0.4, -0.2) is 23.7 Å². The van der Waals surface area contributed by atoms with Crippen LogP contribution in [0.25, 0.3) is 0 Å².